The summed E-state index contributed by atoms with van der Waals surface area (Å²) in [5.74, 6) is 0. The molecule has 0 unspecified atom stereocenters. The van der Waals surface area contributed by atoms with Gasteiger partial charge in [-0.1, -0.05) is 41.4 Å². The van der Waals surface area contributed by atoms with Crippen LogP contribution < -0.4 is 0 Å². The van der Waals surface area contributed by atoms with Gasteiger partial charge in [0, 0.05) is 16.3 Å². The van der Waals surface area contributed by atoms with Crippen LogP contribution in [0, 0.1) is 10.1 Å². The molecule has 0 spiro atoms. The molecule has 1 heterocycles. The standard InChI is InChI=1S/C12H6Cl2N2O2/c13-8-5-7-6-3-1-2-4-9(6)15-11(7)12(10(8)14)16(17)18/h1-5,15H. The lowest BCUT2D eigenvalue weighted by molar-refractivity contribution is -0.383. The number of nitro benzene ring substituents is 1. The molecule has 1 N–H and O–H groups in total. The highest BCUT2D eigenvalue weighted by molar-refractivity contribution is 6.45. The van der Waals surface area contributed by atoms with Crippen LogP contribution in [0.3, 0.4) is 0 Å². The van der Waals surface area contributed by atoms with Crippen molar-refractivity contribution in [2.45, 2.75) is 0 Å². The Morgan fingerprint density at radius 2 is 1.89 bits per heavy atom. The Morgan fingerprint density at radius 1 is 1.17 bits per heavy atom. The zero-order valence-corrected chi connectivity index (χ0v) is 10.4. The van der Waals surface area contributed by atoms with E-state index in [1.807, 2.05) is 24.3 Å². The van der Waals surface area contributed by atoms with Crippen molar-refractivity contribution in [1.29, 1.82) is 0 Å². The molecule has 1 aromatic heterocycles. The Hall–Kier alpha value is -1.78. The molecule has 0 aliphatic rings. The fraction of sp³-hybridized carbons (Fsp3) is 0. The van der Waals surface area contributed by atoms with Crippen LogP contribution in [0.25, 0.3) is 21.8 Å². The van der Waals surface area contributed by atoms with Crippen LogP contribution in [-0.2, 0) is 0 Å². The van der Waals surface area contributed by atoms with Gasteiger partial charge in [-0.2, -0.15) is 0 Å². The van der Waals surface area contributed by atoms with Crippen LogP contribution in [0.5, 0.6) is 0 Å². The molecular weight excluding hydrogens is 275 g/mol. The number of nitrogens with zero attached hydrogens (tertiary/aromatic N) is 1. The van der Waals surface area contributed by atoms with Crippen LogP contribution >= 0.6 is 23.2 Å². The number of para-hydroxylation sites is 1. The van der Waals surface area contributed by atoms with Crippen LogP contribution in [0.4, 0.5) is 5.69 Å². The summed E-state index contributed by atoms with van der Waals surface area (Å²) in [4.78, 5) is 13.6. The summed E-state index contributed by atoms with van der Waals surface area (Å²) in [5, 5.41) is 12.8. The largest absolute Gasteiger partial charge is 0.349 e. The molecular formula is C12H6Cl2N2O2. The van der Waals surface area contributed by atoms with E-state index in [2.05, 4.69) is 4.98 Å². The smallest absolute Gasteiger partial charge is 0.313 e. The summed E-state index contributed by atoms with van der Waals surface area (Å²) in [6.45, 7) is 0. The molecule has 0 bridgehead atoms. The van der Waals surface area contributed by atoms with E-state index in [1.54, 1.807) is 6.07 Å². The average molecular weight is 281 g/mol. The number of halogens is 2. The van der Waals surface area contributed by atoms with E-state index in [1.165, 1.54) is 0 Å². The minimum Gasteiger partial charge on any atom is -0.349 e. The van der Waals surface area contributed by atoms with Crippen LogP contribution in [0.2, 0.25) is 10.0 Å². The Kier molecular flexibility index (Phi) is 2.43. The van der Waals surface area contributed by atoms with E-state index in [-0.39, 0.29) is 15.7 Å². The third-order valence-corrected chi connectivity index (χ3v) is 3.63. The molecule has 0 radical (unpaired) electrons. The SMILES string of the molecule is O=[N+]([O-])c1c(Cl)c(Cl)cc2c1[nH]c1ccccc12. The van der Waals surface area contributed by atoms with Gasteiger partial charge in [0.2, 0.25) is 0 Å². The van der Waals surface area contributed by atoms with Crippen molar-refractivity contribution in [2.24, 2.45) is 0 Å². The summed E-state index contributed by atoms with van der Waals surface area (Å²) in [6.07, 6.45) is 0. The highest BCUT2D eigenvalue weighted by Crippen LogP contribution is 2.40. The Morgan fingerprint density at radius 3 is 2.61 bits per heavy atom. The molecule has 0 atom stereocenters. The Bertz CT molecular complexity index is 795. The van der Waals surface area contributed by atoms with E-state index < -0.39 is 4.92 Å². The highest BCUT2D eigenvalue weighted by atomic mass is 35.5. The van der Waals surface area contributed by atoms with Gasteiger partial charge in [0.1, 0.15) is 10.5 Å². The molecule has 0 fully saturated rings. The van der Waals surface area contributed by atoms with E-state index in [0.29, 0.717) is 10.9 Å². The van der Waals surface area contributed by atoms with Gasteiger partial charge in [-0.3, -0.25) is 10.1 Å². The Balaban J connectivity index is 2.59. The molecule has 2 aromatic carbocycles. The average Bonchev–Trinajstić information content (AvgIpc) is 2.68. The van der Waals surface area contributed by atoms with Gasteiger partial charge in [-0.05, 0) is 12.1 Å². The number of nitrogens with one attached hydrogen (secondary N) is 1. The van der Waals surface area contributed by atoms with E-state index in [9.17, 15) is 10.1 Å². The molecule has 4 nitrogen and oxygen atoms in total. The predicted octanol–water partition coefficient (Wildman–Crippen LogP) is 4.54. The third-order valence-electron chi connectivity index (χ3n) is 2.85. The van der Waals surface area contributed by atoms with Gasteiger partial charge < -0.3 is 4.98 Å². The molecule has 0 saturated heterocycles. The van der Waals surface area contributed by atoms with Crippen molar-refractivity contribution >= 4 is 50.7 Å². The van der Waals surface area contributed by atoms with Gasteiger partial charge in [-0.15, -0.1) is 0 Å². The Labute approximate surface area is 111 Å². The number of H-pyrrole nitrogens is 1. The first kappa shape index (κ1) is 11.3. The van der Waals surface area contributed by atoms with Gasteiger partial charge >= 0.3 is 5.69 Å². The summed E-state index contributed by atoms with van der Waals surface area (Å²) >= 11 is 11.8. The molecule has 0 aliphatic heterocycles. The van der Waals surface area contributed by atoms with E-state index in [4.69, 9.17) is 23.2 Å². The zero-order chi connectivity index (χ0) is 12.9. The van der Waals surface area contributed by atoms with Gasteiger partial charge in [-0.25, -0.2) is 0 Å². The maximum atomic E-state index is 11.1. The second kappa shape index (κ2) is 3.86. The lowest BCUT2D eigenvalue weighted by atomic mass is 10.1. The minimum absolute atomic E-state index is 0.0410. The fourth-order valence-corrected chi connectivity index (χ4v) is 2.50. The predicted molar refractivity (Wildman–Crippen MR) is 72.5 cm³/mol. The van der Waals surface area contributed by atoms with E-state index >= 15 is 0 Å². The monoisotopic (exact) mass is 280 g/mol. The molecule has 0 aliphatic carbocycles. The van der Waals surface area contributed by atoms with Crippen molar-refractivity contribution < 1.29 is 4.92 Å². The first-order valence-electron chi connectivity index (χ1n) is 5.12. The van der Waals surface area contributed by atoms with Crippen LogP contribution in [-0.4, -0.2) is 9.91 Å². The second-order valence-electron chi connectivity index (χ2n) is 3.87. The maximum Gasteiger partial charge on any atom is 0.313 e. The van der Waals surface area contributed by atoms with Crippen molar-refractivity contribution in [2.75, 3.05) is 0 Å². The summed E-state index contributed by atoms with van der Waals surface area (Å²) < 4.78 is 0. The van der Waals surface area contributed by atoms with Crippen molar-refractivity contribution in [1.82, 2.24) is 4.98 Å². The quantitative estimate of drug-likeness (QED) is 0.526. The number of aromatic amines is 1. The molecule has 6 heteroatoms. The van der Waals surface area contributed by atoms with Crippen molar-refractivity contribution in [3.05, 3.63) is 50.5 Å². The van der Waals surface area contributed by atoms with Gasteiger partial charge in [0.05, 0.1) is 9.95 Å². The highest BCUT2D eigenvalue weighted by Gasteiger charge is 2.23. The van der Waals surface area contributed by atoms with Crippen molar-refractivity contribution in [3.8, 4) is 0 Å². The number of aromatic nitrogens is 1. The molecule has 0 amide bonds. The van der Waals surface area contributed by atoms with Gasteiger partial charge in [0.15, 0.2) is 0 Å². The molecule has 90 valence electrons. The van der Waals surface area contributed by atoms with Gasteiger partial charge in [0.25, 0.3) is 0 Å². The third kappa shape index (κ3) is 1.46. The molecule has 3 rings (SSSR count). The number of hydrogen-bond acceptors (Lipinski definition) is 2. The normalized spacial score (nSPS) is 11.2. The zero-order valence-electron chi connectivity index (χ0n) is 8.91. The van der Waals surface area contributed by atoms with E-state index in [0.717, 1.165) is 10.9 Å². The number of benzene rings is 2. The minimum atomic E-state index is -0.522. The molecule has 18 heavy (non-hydrogen) atoms. The second-order valence-corrected chi connectivity index (χ2v) is 4.66. The number of fused-ring (bicyclic) bond motifs is 3. The lowest BCUT2D eigenvalue weighted by Crippen LogP contribution is -1.91. The summed E-state index contributed by atoms with van der Waals surface area (Å²) in [5.41, 5.74) is 1.03. The maximum absolute atomic E-state index is 11.1. The lowest BCUT2D eigenvalue weighted by Gasteiger charge is -1.99. The first-order valence-corrected chi connectivity index (χ1v) is 5.88. The first-order chi connectivity index (χ1) is 8.59. The molecule has 0 saturated carbocycles. The van der Waals surface area contributed by atoms with Crippen LogP contribution in [0.1, 0.15) is 0 Å². The topological polar surface area (TPSA) is 58.9 Å². The summed E-state index contributed by atoms with van der Waals surface area (Å²) in [7, 11) is 0. The number of rotatable bonds is 1. The molecule has 3 aromatic rings. The van der Waals surface area contributed by atoms with Crippen LogP contribution in [0.15, 0.2) is 30.3 Å². The number of nitro groups is 1. The fourth-order valence-electron chi connectivity index (χ4n) is 2.08. The number of hydrogen-bond donors (Lipinski definition) is 1. The summed E-state index contributed by atoms with van der Waals surface area (Å²) in [6, 6.07) is 9.09. The van der Waals surface area contributed by atoms with Crippen molar-refractivity contribution in [3.63, 3.8) is 0 Å².